The molecule has 0 saturated heterocycles. The SMILES string of the molecule is CCOC(=O)c1c(NC(=O)CSc2nnc(N)s2)sc2c1CC[C@@H](C)C2. The number of hydrogen-bond donors (Lipinski definition) is 2. The molecule has 1 aliphatic carbocycles. The maximum atomic E-state index is 12.4. The Morgan fingerprint density at radius 1 is 1.38 bits per heavy atom. The van der Waals surface area contributed by atoms with E-state index in [-0.39, 0.29) is 17.6 Å². The van der Waals surface area contributed by atoms with Gasteiger partial charge in [-0.3, -0.25) is 4.79 Å². The quantitative estimate of drug-likeness (QED) is 0.554. The second kappa shape index (κ2) is 8.36. The Labute approximate surface area is 163 Å². The van der Waals surface area contributed by atoms with E-state index in [1.165, 1.54) is 39.3 Å². The average Bonchev–Trinajstić information content (AvgIpc) is 3.15. The van der Waals surface area contributed by atoms with Crippen molar-refractivity contribution < 1.29 is 14.3 Å². The van der Waals surface area contributed by atoms with Gasteiger partial charge in [-0.15, -0.1) is 21.5 Å². The summed E-state index contributed by atoms with van der Waals surface area (Å²) in [7, 11) is 0. The van der Waals surface area contributed by atoms with Crippen molar-refractivity contribution in [3.05, 3.63) is 16.0 Å². The van der Waals surface area contributed by atoms with Gasteiger partial charge in [0, 0.05) is 4.88 Å². The summed E-state index contributed by atoms with van der Waals surface area (Å²) in [5.41, 5.74) is 7.10. The number of hydrogen-bond acceptors (Lipinski definition) is 9. The van der Waals surface area contributed by atoms with Gasteiger partial charge in [-0.2, -0.15) is 0 Å². The highest BCUT2D eigenvalue weighted by molar-refractivity contribution is 8.01. The van der Waals surface area contributed by atoms with Crippen molar-refractivity contribution in [1.82, 2.24) is 10.2 Å². The minimum atomic E-state index is -0.362. The molecular weight excluding hydrogens is 392 g/mol. The minimum absolute atomic E-state index is 0.176. The standard InChI is InChI=1S/C16H20N4O3S3/c1-3-23-14(22)12-9-5-4-8(2)6-10(9)25-13(12)18-11(21)7-24-16-20-19-15(17)26-16/h8H,3-7H2,1-2H3,(H2,17,19)(H,18,21)/t8-/m1/s1. The van der Waals surface area contributed by atoms with Gasteiger partial charge in [-0.1, -0.05) is 30.0 Å². The Kier molecular flexibility index (Phi) is 6.15. The molecule has 1 aliphatic rings. The topological polar surface area (TPSA) is 107 Å². The second-order valence-electron chi connectivity index (χ2n) is 6.02. The van der Waals surface area contributed by atoms with Crippen molar-refractivity contribution in [2.75, 3.05) is 23.4 Å². The first-order chi connectivity index (χ1) is 12.5. The zero-order chi connectivity index (χ0) is 18.7. The molecular formula is C16H20N4O3S3. The lowest BCUT2D eigenvalue weighted by Crippen LogP contribution is -2.17. The summed E-state index contributed by atoms with van der Waals surface area (Å²) in [6, 6.07) is 0. The highest BCUT2D eigenvalue weighted by Crippen LogP contribution is 2.40. The fourth-order valence-corrected chi connectivity index (χ4v) is 5.68. The summed E-state index contributed by atoms with van der Waals surface area (Å²) >= 11 is 4.00. The number of anilines is 2. The highest BCUT2D eigenvalue weighted by Gasteiger charge is 2.29. The Hall–Kier alpha value is -1.65. The third-order valence-corrected chi connectivity index (χ3v) is 7.05. The lowest BCUT2D eigenvalue weighted by atomic mass is 9.88. The van der Waals surface area contributed by atoms with E-state index in [1.54, 1.807) is 6.92 Å². The van der Waals surface area contributed by atoms with Crippen LogP contribution in [0.25, 0.3) is 0 Å². The third-order valence-electron chi connectivity index (χ3n) is 3.99. The number of nitrogens with two attached hydrogens (primary N) is 1. The van der Waals surface area contributed by atoms with Gasteiger partial charge in [-0.25, -0.2) is 4.79 Å². The van der Waals surface area contributed by atoms with Crippen LogP contribution in [0.15, 0.2) is 4.34 Å². The predicted molar refractivity (Wildman–Crippen MR) is 105 cm³/mol. The predicted octanol–water partition coefficient (Wildman–Crippen LogP) is 3.21. The molecule has 2 aromatic heterocycles. The number of carbonyl (C=O) groups is 2. The summed E-state index contributed by atoms with van der Waals surface area (Å²) in [4.78, 5) is 26.0. The van der Waals surface area contributed by atoms with E-state index in [9.17, 15) is 9.59 Å². The molecule has 2 aromatic rings. The number of nitrogens with one attached hydrogen (secondary N) is 1. The summed E-state index contributed by atoms with van der Waals surface area (Å²) in [5.74, 6) is 0.203. The molecule has 0 aliphatic heterocycles. The second-order valence-corrected chi connectivity index (χ2v) is 9.36. The van der Waals surface area contributed by atoms with Gasteiger partial charge < -0.3 is 15.8 Å². The number of carbonyl (C=O) groups excluding carboxylic acids is 2. The van der Waals surface area contributed by atoms with Gasteiger partial charge in [0.1, 0.15) is 5.00 Å². The lowest BCUT2D eigenvalue weighted by molar-refractivity contribution is -0.113. The first-order valence-corrected chi connectivity index (χ1v) is 10.9. The van der Waals surface area contributed by atoms with Crippen LogP contribution in [0.1, 0.15) is 41.1 Å². The number of amides is 1. The molecule has 0 fully saturated rings. The van der Waals surface area contributed by atoms with Gasteiger partial charge in [0.15, 0.2) is 4.34 Å². The van der Waals surface area contributed by atoms with Crippen molar-refractivity contribution in [2.24, 2.45) is 5.92 Å². The molecule has 0 spiro atoms. The summed E-state index contributed by atoms with van der Waals surface area (Å²) in [6.07, 6.45) is 2.81. The molecule has 1 atom stereocenters. The molecule has 0 saturated carbocycles. The Balaban J connectivity index is 1.75. The number of aromatic nitrogens is 2. The van der Waals surface area contributed by atoms with E-state index in [1.807, 2.05) is 0 Å². The van der Waals surface area contributed by atoms with Crippen LogP contribution >= 0.6 is 34.4 Å². The number of thioether (sulfide) groups is 1. The van der Waals surface area contributed by atoms with Crippen LogP contribution in [-0.4, -0.2) is 34.4 Å². The monoisotopic (exact) mass is 412 g/mol. The number of nitrogen functional groups attached to an aromatic ring is 1. The van der Waals surface area contributed by atoms with Crippen molar-refractivity contribution in [3.63, 3.8) is 0 Å². The van der Waals surface area contributed by atoms with Crippen molar-refractivity contribution in [1.29, 1.82) is 0 Å². The van der Waals surface area contributed by atoms with E-state index >= 15 is 0 Å². The number of nitrogens with zero attached hydrogens (tertiary/aromatic N) is 2. The van der Waals surface area contributed by atoms with Gasteiger partial charge in [0.2, 0.25) is 11.0 Å². The van der Waals surface area contributed by atoms with Gasteiger partial charge in [0.25, 0.3) is 0 Å². The fourth-order valence-electron chi connectivity index (χ4n) is 2.83. The molecule has 0 radical (unpaired) electrons. The molecule has 0 aromatic carbocycles. The van der Waals surface area contributed by atoms with Crippen molar-refractivity contribution >= 4 is 56.4 Å². The van der Waals surface area contributed by atoms with E-state index in [2.05, 4.69) is 22.4 Å². The maximum Gasteiger partial charge on any atom is 0.341 e. The Bertz CT molecular complexity index is 818. The van der Waals surface area contributed by atoms with Crippen LogP contribution in [0.2, 0.25) is 0 Å². The molecule has 3 N–H and O–H groups in total. The average molecular weight is 413 g/mol. The normalized spacial score (nSPS) is 16.2. The van der Waals surface area contributed by atoms with E-state index in [0.717, 1.165) is 24.8 Å². The summed E-state index contributed by atoms with van der Waals surface area (Å²) in [5, 5.41) is 11.4. The zero-order valence-electron chi connectivity index (χ0n) is 14.5. The van der Waals surface area contributed by atoms with Crippen LogP contribution in [0, 0.1) is 5.92 Å². The largest absolute Gasteiger partial charge is 0.462 e. The summed E-state index contributed by atoms with van der Waals surface area (Å²) in [6.45, 7) is 4.29. The molecule has 26 heavy (non-hydrogen) atoms. The molecule has 0 bridgehead atoms. The van der Waals surface area contributed by atoms with Crippen LogP contribution in [0.3, 0.4) is 0 Å². The molecule has 1 amide bonds. The molecule has 140 valence electrons. The van der Waals surface area contributed by atoms with E-state index in [0.29, 0.717) is 32.6 Å². The highest BCUT2D eigenvalue weighted by atomic mass is 32.2. The molecule has 7 nitrogen and oxygen atoms in total. The van der Waals surface area contributed by atoms with Gasteiger partial charge in [0.05, 0.1) is 17.9 Å². The Morgan fingerprint density at radius 2 is 2.19 bits per heavy atom. The fraction of sp³-hybridized carbons (Fsp3) is 0.500. The number of esters is 1. The first-order valence-electron chi connectivity index (χ1n) is 8.31. The summed E-state index contributed by atoms with van der Waals surface area (Å²) < 4.78 is 5.86. The van der Waals surface area contributed by atoms with Crippen LogP contribution in [-0.2, 0) is 22.4 Å². The first kappa shape index (κ1) is 19.1. The van der Waals surface area contributed by atoms with Crippen molar-refractivity contribution in [2.45, 2.75) is 37.4 Å². The Morgan fingerprint density at radius 3 is 2.88 bits per heavy atom. The smallest absolute Gasteiger partial charge is 0.341 e. The van der Waals surface area contributed by atoms with Crippen LogP contribution < -0.4 is 11.1 Å². The molecule has 3 rings (SSSR count). The van der Waals surface area contributed by atoms with Crippen molar-refractivity contribution in [3.8, 4) is 0 Å². The van der Waals surface area contributed by atoms with Crippen LogP contribution in [0.4, 0.5) is 10.1 Å². The zero-order valence-corrected chi connectivity index (χ0v) is 17.0. The van der Waals surface area contributed by atoms with E-state index < -0.39 is 0 Å². The molecule has 10 heteroatoms. The van der Waals surface area contributed by atoms with Gasteiger partial charge >= 0.3 is 5.97 Å². The van der Waals surface area contributed by atoms with Gasteiger partial charge in [-0.05, 0) is 37.7 Å². The van der Waals surface area contributed by atoms with Crippen LogP contribution in [0.5, 0.6) is 0 Å². The number of ether oxygens (including phenoxy) is 1. The third kappa shape index (κ3) is 4.36. The number of rotatable bonds is 6. The van der Waals surface area contributed by atoms with E-state index in [4.69, 9.17) is 10.5 Å². The number of thiophene rings is 1. The molecule has 0 unspecified atom stereocenters. The lowest BCUT2D eigenvalue weighted by Gasteiger charge is -2.18. The number of fused-ring (bicyclic) bond motifs is 1. The molecule has 2 heterocycles. The maximum absolute atomic E-state index is 12.4. The minimum Gasteiger partial charge on any atom is -0.462 e.